The Labute approximate surface area is 106 Å². The summed E-state index contributed by atoms with van der Waals surface area (Å²) in [6.07, 6.45) is 0. The van der Waals surface area contributed by atoms with Crippen LogP contribution in [-0.4, -0.2) is 22.8 Å². The van der Waals surface area contributed by atoms with Crippen LogP contribution in [0.1, 0.15) is 5.56 Å². The highest BCUT2D eigenvalue weighted by atomic mass is 35.5. The molecule has 1 aromatic carbocycles. The van der Waals surface area contributed by atoms with E-state index in [0.29, 0.717) is 5.56 Å². The number of rotatable bonds is 2. The van der Waals surface area contributed by atoms with E-state index in [1.807, 2.05) is 5.32 Å². The first-order valence-electron chi connectivity index (χ1n) is 4.96. The lowest BCUT2D eigenvalue weighted by molar-refractivity contribution is -0.495. The number of benzene rings is 1. The highest BCUT2D eigenvalue weighted by Crippen LogP contribution is 2.28. The molecule has 1 atom stereocenters. The molecule has 0 aromatic heterocycles. The molecule has 0 saturated carbocycles. The summed E-state index contributed by atoms with van der Waals surface area (Å²) in [5, 5.41) is 12.6. The van der Waals surface area contributed by atoms with Gasteiger partial charge in [0, 0.05) is 4.92 Å². The molecule has 2 rings (SSSR count). The summed E-state index contributed by atoms with van der Waals surface area (Å²) >= 11 is 5.97. The molecule has 1 aromatic rings. The van der Waals surface area contributed by atoms with Crippen LogP contribution in [0.3, 0.4) is 0 Å². The average molecular weight is 267 g/mol. The van der Waals surface area contributed by atoms with Gasteiger partial charge in [0.1, 0.15) is 5.57 Å². The molecule has 92 valence electrons. The van der Waals surface area contributed by atoms with Gasteiger partial charge in [-0.1, -0.05) is 41.9 Å². The van der Waals surface area contributed by atoms with Crippen molar-refractivity contribution in [2.24, 2.45) is 0 Å². The monoisotopic (exact) mass is 266 g/mol. The van der Waals surface area contributed by atoms with Crippen LogP contribution in [-0.2, 0) is 9.59 Å². The van der Waals surface area contributed by atoms with Crippen LogP contribution in [0.4, 0.5) is 0 Å². The number of hydrogen-bond donors (Lipinski definition) is 1. The van der Waals surface area contributed by atoms with E-state index in [9.17, 15) is 19.7 Å². The Morgan fingerprint density at radius 1 is 1.28 bits per heavy atom. The number of nitro groups is 1. The first-order chi connectivity index (χ1) is 8.52. The predicted molar refractivity (Wildman–Crippen MR) is 63.1 cm³/mol. The molecule has 0 aliphatic carbocycles. The van der Waals surface area contributed by atoms with Gasteiger partial charge in [0.05, 0.1) is 5.03 Å². The third kappa shape index (κ3) is 1.98. The van der Waals surface area contributed by atoms with Crippen molar-refractivity contribution in [2.75, 3.05) is 0 Å². The van der Waals surface area contributed by atoms with E-state index < -0.39 is 22.8 Å². The van der Waals surface area contributed by atoms with Crippen molar-refractivity contribution < 1.29 is 14.5 Å². The Hall–Kier alpha value is -2.21. The molecular formula is C11H7ClN2O4. The fourth-order valence-electron chi connectivity index (χ4n) is 1.66. The summed E-state index contributed by atoms with van der Waals surface area (Å²) < 4.78 is 0. The lowest BCUT2D eigenvalue weighted by Gasteiger charge is -2.04. The Morgan fingerprint density at radius 3 is 2.44 bits per heavy atom. The van der Waals surface area contributed by atoms with Crippen molar-refractivity contribution in [1.29, 1.82) is 0 Å². The lowest BCUT2D eigenvalue weighted by atomic mass is 10.1. The van der Waals surface area contributed by atoms with Gasteiger partial charge in [-0.05, 0) is 5.56 Å². The molecule has 0 bridgehead atoms. The van der Waals surface area contributed by atoms with Crippen molar-refractivity contribution in [1.82, 2.24) is 5.32 Å². The van der Waals surface area contributed by atoms with Crippen LogP contribution in [0.2, 0.25) is 0 Å². The van der Waals surface area contributed by atoms with E-state index in [1.54, 1.807) is 30.3 Å². The fourth-order valence-corrected chi connectivity index (χ4v) is 1.98. The normalized spacial score (nSPS) is 21.7. The van der Waals surface area contributed by atoms with Crippen molar-refractivity contribution in [3.8, 4) is 0 Å². The van der Waals surface area contributed by atoms with Gasteiger partial charge in [0.2, 0.25) is 0 Å². The summed E-state index contributed by atoms with van der Waals surface area (Å²) in [4.78, 5) is 32.8. The van der Waals surface area contributed by atoms with Gasteiger partial charge < -0.3 is 0 Å². The van der Waals surface area contributed by atoms with Gasteiger partial charge >= 0.3 is 11.9 Å². The van der Waals surface area contributed by atoms with Crippen molar-refractivity contribution in [2.45, 2.75) is 6.04 Å². The van der Waals surface area contributed by atoms with E-state index in [4.69, 9.17) is 11.6 Å². The second-order valence-corrected chi connectivity index (χ2v) is 3.98. The smallest absolute Gasteiger partial charge is 0.286 e. The zero-order valence-corrected chi connectivity index (χ0v) is 9.68. The largest absolute Gasteiger partial charge is 0.322 e. The Morgan fingerprint density at radius 2 is 1.89 bits per heavy atom. The van der Waals surface area contributed by atoms with Crippen LogP contribution < -0.4 is 5.32 Å². The van der Waals surface area contributed by atoms with Crippen molar-refractivity contribution in [3.63, 3.8) is 0 Å². The molecule has 6 nitrogen and oxygen atoms in total. The summed E-state index contributed by atoms with van der Waals surface area (Å²) in [6, 6.07) is 6.54. The minimum Gasteiger partial charge on any atom is -0.286 e. The predicted octanol–water partition coefficient (Wildman–Crippen LogP) is 0.938. The van der Waals surface area contributed by atoms with Crippen LogP contribution in [0.25, 0.3) is 5.03 Å². The molecule has 18 heavy (non-hydrogen) atoms. The number of imide groups is 1. The van der Waals surface area contributed by atoms with Gasteiger partial charge in [-0.15, -0.1) is 0 Å². The Kier molecular flexibility index (Phi) is 3.12. The first-order valence-corrected chi connectivity index (χ1v) is 5.34. The summed E-state index contributed by atoms with van der Waals surface area (Å²) in [7, 11) is 0. The lowest BCUT2D eigenvalue weighted by Crippen LogP contribution is -2.30. The zero-order chi connectivity index (χ0) is 13.3. The van der Waals surface area contributed by atoms with E-state index in [2.05, 4.69) is 0 Å². The van der Waals surface area contributed by atoms with Crippen LogP contribution >= 0.6 is 11.6 Å². The van der Waals surface area contributed by atoms with Crippen LogP contribution in [0, 0.1) is 10.1 Å². The molecule has 1 fully saturated rings. The van der Waals surface area contributed by atoms with Crippen LogP contribution in [0.15, 0.2) is 35.9 Å². The van der Waals surface area contributed by atoms with Gasteiger partial charge in [0.15, 0.2) is 0 Å². The molecule has 0 radical (unpaired) electrons. The molecule has 1 heterocycles. The van der Waals surface area contributed by atoms with E-state index in [0.717, 1.165) is 0 Å². The average Bonchev–Trinajstić information content (AvgIpc) is 2.64. The summed E-state index contributed by atoms with van der Waals surface area (Å²) in [6.45, 7) is 0. The SMILES string of the molecule is O=C1NC(=O)C([N+](=O)[O-])C1=C(Cl)c1ccccc1. The number of nitrogens with one attached hydrogen (secondary N) is 1. The van der Waals surface area contributed by atoms with E-state index in [-0.39, 0.29) is 10.6 Å². The maximum Gasteiger partial charge on any atom is 0.322 e. The van der Waals surface area contributed by atoms with Crippen molar-refractivity contribution in [3.05, 3.63) is 51.6 Å². The third-order valence-electron chi connectivity index (χ3n) is 2.48. The molecule has 2 amide bonds. The van der Waals surface area contributed by atoms with Gasteiger partial charge in [0.25, 0.3) is 5.91 Å². The number of carbonyl (C=O) groups excluding carboxylic acids is 2. The fraction of sp³-hybridized carbons (Fsp3) is 0.0909. The standard InChI is InChI=1S/C11H7ClN2O4/c12-8(6-4-2-1-3-5-6)7-9(14(17)18)11(16)13-10(7)15/h1-5,9H,(H,13,15,16). The number of carbonyl (C=O) groups is 2. The molecule has 1 N–H and O–H groups in total. The molecular weight excluding hydrogens is 260 g/mol. The molecule has 1 saturated heterocycles. The maximum absolute atomic E-state index is 11.5. The molecule has 1 unspecified atom stereocenters. The second-order valence-electron chi connectivity index (χ2n) is 3.60. The number of hydrogen-bond acceptors (Lipinski definition) is 4. The summed E-state index contributed by atoms with van der Waals surface area (Å²) in [5.41, 5.74) is 0.128. The molecule has 0 spiro atoms. The van der Waals surface area contributed by atoms with Gasteiger partial charge in [-0.2, -0.15) is 0 Å². The quantitative estimate of drug-likeness (QED) is 0.373. The maximum atomic E-state index is 11.5. The molecule has 1 aliphatic heterocycles. The van der Waals surface area contributed by atoms with Crippen LogP contribution in [0.5, 0.6) is 0 Å². The minimum atomic E-state index is -1.75. The number of halogens is 1. The Bertz CT molecular complexity index is 568. The van der Waals surface area contributed by atoms with E-state index >= 15 is 0 Å². The van der Waals surface area contributed by atoms with E-state index in [1.165, 1.54) is 0 Å². The number of nitrogens with zero attached hydrogens (tertiary/aromatic N) is 1. The van der Waals surface area contributed by atoms with Gasteiger partial charge in [-0.25, -0.2) is 0 Å². The topological polar surface area (TPSA) is 89.3 Å². The highest BCUT2D eigenvalue weighted by molar-refractivity contribution is 6.52. The van der Waals surface area contributed by atoms with Crippen molar-refractivity contribution >= 4 is 28.4 Å². The Balaban J connectivity index is 2.56. The highest BCUT2D eigenvalue weighted by Gasteiger charge is 2.47. The first kappa shape index (κ1) is 12.3. The molecule has 1 aliphatic rings. The number of amides is 2. The second kappa shape index (κ2) is 4.58. The molecule has 7 heteroatoms. The van der Waals surface area contributed by atoms with Gasteiger partial charge in [-0.3, -0.25) is 25.0 Å². The summed E-state index contributed by atoms with van der Waals surface area (Å²) in [5.74, 6) is -1.79. The third-order valence-corrected chi connectivity index (χ3v) is 2.90. The zero-order valence-electron chi connectivity index (χ0n) is 8.92. The minimum absolute atomic E-state index is 0.0827.